The van der Waals surface area contributed by atoms with Gasteiger partial charge in [0.25, 0.3) is 0 Å². The summed E-state index contributed by atoms with van der Waals surface area (Å²) in [6.07, 6.45) is 0. The fourth-order valence-corrected chi connectivity index (χ4v) is 1.63. The maximum atomic E-state index is 11.7. The summed E-state index contributed by atoms with van der Waals surface area (Å²) in [5.41, 5.74) is 2.36. The van der Waals surface area contributed by atoms with E-state index in [1.165, 1.54) is 0 Å². The van der Waals surface area contributed by atoms with Crippen LogP contribution in [0.4, 0.5) is 5.69 Å². The Morgan fingerprint density at radius 1 is 1.40 bits per heavy atom. The Balaban J connectivity index is 3.07. The third kappa shape index (κ3) is 4.35. The van der Waals surface area contributed by atoms with Gasteiger partial charge in [-0.1, -0.05) is 17.7 Å². The summed E-state index contributed by atoms with van der Waals surface area (Å²) >= 11 is 5.51. The van der Waals surface area contributed by atoms with Crippen LogP contribution in [-0.2, 0) is 9.53 Å². The third-order valence-corrected chi connectivity index (χ3v) is 2.73. The SMILES string of the molecule is CCOC(=O)/C(N=Nc1ccc(C)cc1C)=C(/O)CCl. The van der Waals surface area contributed by atoms with Gasteiger partial charge in [0.2, 0.25) is 5.70 Å². The minimum absolute atomic E-state index is 0.178. The van der Waals surface area contributed by atoms with Gasteiger partial charge in [-0.25, -0.2) is 4.79 Å². The number of esters is 1. The van der Waals surface area contributed by atoms with Crippen LogP contribution in [0.5, 0.6) is 0 Å². The summed E-state index contributed by atoms with van der Waals surface area (Å²) in [5.74, 6) is -1.35. The highest BCUT2D eigenvalue weighted by atomic mass is 35.5. The molecule has 1 rings (SSSR count). The second-order valence-electron chi connectivity index (χ2n) is 4.14. The van der Waals surface area contributed by atoms with E-state index >= 15 is 0 Å². The summed E-state index contributed by atoms with van der Waals surface area (Å²) in [6.45, 7) is 5.69. The number of carbonyl (C=O) groups excluding carboxylic acids is 1. The lowest BCUT2D eigenvalue weighted by Crippen LogP contribution is -2.09. The standard InChI is InChI=1S/C14H17ClN2O3/c1-4-20-14(19)13(12(18)8-15)17-16-11-6-5-9(2)7-10(11)3/h5-7,18H,4,8H2,1-3H3/b13-12-,17-16?. The number of aliphatic hydroxyl groups is 1. The van der Waals surface area contributed by atoms with Crippen LogP contribution >= 0.6 is 11.6 Å². The first-order valence-corrected chi connectivity index (χ1v) is 6.67. The molecule has 0 aliphatic heterocycles. The normalized spacial score (nSPS) is 12.4. The van der Waals surface area contributed by atoms with Gasteiger partial charge in [-0.2, -0.15) is 0 Å². The van der Waals surface area contributed by atoms with Crippen molar-refractivity contribution >= 4 is 23.3 Å². The van der Waals surface area contributed by atoms with Crippen molar-refractivity contribution in [1.82, 2.24) is 0 Å². The molecule has 5 nitrogen and oxygen atoms in total. The number of aliphatic hydroxyl groups excluding tert-OH is 1. The van der Waals surface area contributed by atoms with Crippen LogP contribution in [0.1, 0.15) is 18.1 Å². The van der Waals surface area contributed by atoms with E-state index in [0.29, 0.717) is 5.69 Å². The molecular weight excluding hydrogens is 280 g/mol. The molecule has 0 spiro atoms. The second kappa shape index (κ2) is 7.65. The molecule has 0 heterocycles. The van der Waals surface area contributed by atoms with Crippen LogP contribution in [0, 0.1) is 13.8 Å². The number of alkyl halides is 1. The van der Waals surface area contributed by atoms with Gasteiger partial charge >= 0.3 is 5.97 Å². The molecule has 0 aliphatic rings. The van der Waals surface area contributed by atoms with Gasteiger partial charge in [-0.15, -0.1) is 21.8 Å². The van der Waals surface area contributed by atoms with Gasteiger partial charge in [-0.05, 0) is 32.4 Å². The Bertz CT molecular complexity index is 553. The maximum Gasteiger partial charge on any atom is 0.362 e. The van der Waals surface area contributed by atoms with Crippen LogP contribution in [0.15, 0.2) is 39.9 Å². The number of benzene rings is 1. The van der Waals surface area contributed by atoms with Crippen LogP contribution < -0.4 is 0 Å². The monoisotopic (exact) mass is 296 g/mol. The predicted molar refractivity (Wildman–Crippen MR) is 77.4 cm³/mol. The number of rotatable bonds is 5. The summed E-state index contributed by atoms with van der Waals surface area (Å²) in [5, 5.41) is 17.3. The van der Waals surface area contributed by atoms with Crippen LogP contribution in [0.25, 0.3) is 0 Å². The zero-order valence-corrected chi connectivity index (χ0v) is 12.4. The molecule has 0 bridgehead atoms. The number of halogens is 1. The van der Waals surface area contributed by atoms with Gasteiger partial charge < -0.3 is 9.84 Å². The average Bonchev–Trinajstić information content (AvgIpc) is 2.41. The molecule has 0 radical (unpaired) electrons. The third-order valence-electron chi connectivity index (χ3n) is 2.48. The number of carbonyl (C=O) groups is 1. The number of nitrogens with zero attached hydrogens (tertiary/aromatic N) is 2. The summed E-state index contributed by atoms with van der Waals surface area (Å²) in [4.78, 5) is 11.7. The predicted octanol–water partition coefficient (Wildman–Crippen LogP) is 3.96. The Labute approximate surface area is 122 Å². The van der Waals surface area contributed by atoms with Crippen LogP contribution in [-0.4, -0.2) is 23.6 Å². The molecule has 1 aromatic rings. The fraction of sp³-hybridized carbons (Fsp3) is 0.357. The quantitative estimate of drug-likeness (QED) is 0.294. The molecular formula is C14H17ClN2O3. The van der Waals surface area contributed by atoms with E-state index in [4.69, 9.17) is 16.3 Å². The number of aryl methyl sites for hydroxylation is 2. The molecule has 0 aromatic heterocycles. The van der Waals surface area contributed by atoms with Gasteiger partial charge in [0.15, 0.2) is 0 Å². The van der Waals surface area contributed by atoms with E-state index in [1.807, 2.05) is 26.0 Å². The summed E-state index contributed by atoms with van der Waals surface area (Å²) in [7, 11) is 0. The highest BCUT2D eigenvalue weighted by Gasteiger charge is 2.16. The zero-order valence-electron chi connectivity index (χ0n) is 11.7. The van der Waals surface area contributed by atoms with Gasteiger partial charge in [-0.3, -0.25) is 0 Å². The van der Waals surface area contributed by atoms with Crippen molar-refractivity contribution in [3.8, 4) is 0 Å². The second-order valence-corrected chi connectivity index (χ2v) is 4.41. The van der Waals surface area contributed by atoms with E-state index in [9.17, 15) is 9.90 Å². The molecule has 0 atom stereocenters. The van der Waals surface area contributed by atoms with E-state index in [2.05, 4.69) is 10.2 Å². The highest BCUT2D eigenvalue weighted by molar-refractivity contribution is 6.19. The van der Waals surface area contributed by atoms with Crippen LogP contribution in [0.3, 0.4) is 0 Å². The number of hydrogen-bond donors (Lipinski definition) is 1. The Morgan fingerprint density at radius 3 is 2.65 bits per heavy atom. The lowest BCUT2D eigenvalue weighted by molar-refractivity contribution is -0.138. The molecule has 20 heavy (non-hydrogen) atoms. The van der Waals surface area contributed by atoms with Crippen molar-refractivity contribution in [3.63, 3.8) is 0 Å². The number of azo groups is 1. The Kier molecular flexibility index (Phi) is 6.18. The Morgan fingerprint density at radius 2 is 2.10 bits per heavy atom. The van der Waals surface area contributed by atoms with E-state index in [1.54, 1.807) is 13.0 Å². The van der Waals surface area contributed by atoms with Gasteiger partial charge in [0.1, 0.15) is 5.76 Å². The van der Waals surface area contributed by atoms with Crippen molar-refractivity contribution in [1.29, 1.82) is 0 Å². The summed E-state index contributed by atoms with van der Waals surface area (Å²) < 4.78 is 4.80. The molecule has 108 valence electrons. The molecule has 0 aliphatic carbocycles. The van der Waals surface area contributed by atoms with E-state index < -0.39 is 5.97 Å². The zero-order chi connectivity index (χ0) is 15.1. The molecule has 0 fully saturated rings. The minimum atomic E-state index is -0.751. The number of hydrogen-bond acceptors (Lipinski definition) is 5. The molecule has 1 aromatic carbocycles. The van der Waals surface area contributed by atoms with Crippen molar-refractivity contribution in [3.05, 3.63) is 40.8 Å². The minimum Gasteiger partial charge on any atom is -0.508 e. The Hall–Kier alpha value is -1.88. The van der Waals surface area contributed by atoms with E-state index in [-0.39, 0.29) is 23.9 Å². The van der Waals surface area contributed by atoms with Crippen LogP contribution in [0.2, 0.25) is 0 Å². The maximum absolute atomic E-state index is 11.7. The first-order chi connectivity index (χ1) is 9.49. The highest BCUT2D eigenvalue weighted by Crippen LogP contribution is 2.21. The van der Waals surface area contributed by atoms with Crippen molar-refractivity contribution < 1.29 is 14.6 Å². The molecule has 1 N–H and O–H groups in total. The first kappa shape index (κ1) is 16.2. The first-order valence-electron chi connectivity index (χ1n) is 6.13. The van der Waals surface area contributed by atoms with Gasteiger partial charge in [0, 0.05) is 0 Å². The van der Waals surface area contributed by atoms with Crippen molar-refractivity contribution in [2.45, 2.75) is 20.8 Å². The number of ether oxygens (including phenoxy) is 1. The fourth-order valence-electron chi connectivity index (χ4n) is 1.50. The van der Waals surface area contributed by atoms with E-state index in [0.717, 1.165) is 11.1 Å². The summed E-state index contributed by atoms with van der Waals surface area (Å²) in [6, 6.07) is 5.62. The van der Waals surface area contributed by atoms with Gasteiger partial charge in [0.05, 0.1) is 18.2 Å². The molecule has 0 saturated heterocycles. The largest absolute Gasteiger partial charge is 0.508 e. The topological polar surface area (TPSA) is 71.2 Å². The lowest BCUT2D eigenvalue weighted by Gasteiger charge is -2.04. The average molecular weight is 297 g/mol. The molecule has 0 unspecified atom stereocenters. The van der Waals surface area contributed by atoms with Crippen molar-refractivity contribution in [2.75, 3.05) is 12.5 Å². The smallest absolute Gasteiger partial charge is 0.362 e. The van der Waals surface area contributed by atoms with Crippen molar-refractivity contribution in [2.24, 2.45) is 10.2 Å². The molecule has 0 saturated carbocycles. The molecule has 6 heteroatoms. The number of allylic oxidation sites excluding steroid dienone is 1. The lowest BCUT2D eigenvalue weighted by atomic mass is 10.1. The molecule has 0 amide bonds.